The van der Waals surface area contributed by atoms with Gasteiger partial charge in [-0.15, -0.1) is 0 Å². The molecule has 2 rings (SSSR count). The lowest BCUT2D eigenvalue weighted by Crippen LogP contribution is -2.41. The van der Waals surface area contributed by atoms with Crippen molar-refractivity contribution in [2.24, 2.45) is 5.73 Å². The average Bonchev–Trinajstić information content (AvgIpc) is 2.66. The molecule has 0 aliphatic carbocycles. The molecule has 0 spiro atoms. The largest absolute Gasteiger partial charge is 0.494 e. The molecule has 1 saturated heterocycles. The molecule has 1 aliphatic heterocycles. The van der Waals surface area contributed by atoms with Crippen LogP contribution >= 0.6 is 0 Å². The van der Waals surface area contributed by atoms with Gasteiger partial charge in [-0.3, -0.25) is 0 Å². The summed E-state index contributed by atoms with van der Waals surface area (Å²) in [6, 6.07) is 5.42. The molecule has 0 amide bonds. The van der Waals surface area contributed by atoms with Crippen molar-refractivity contribution in [2.45, 2.75) is 45.4 Å². The number of nitrogens with two attached hydrogens (primary N) is 1. The molecule has 1 fully saturated rings. The van der Waals surface area contributed by atoms with Crippen LogP contribution in [0.3, 0.4) is 0 Å². The molecule has 0 atom stereocenters. The normalized spacial score (nSPS) is 19.6. The molecule has 21 heavy (non-hydrogen) atoms. The van der Waals surface area contributed by atoms with E-state index in [0.29, 0.717) is 5.56 Å². The molecule has 0 aromatic heterocycles. The Hall–Kier alpha value is -1.37. The zero-order valence-electron chi connectivity index (χ0n) is 13.2. The van der Waals surface area contributed by atoms with Crippen LogP contribution in [-0.2, 0) is 20.6 Å². The van der Waals surface area contributed by atoms with Crippen molar-refractivity contribution in [1.29, 1.82) is 0 Å². The highest BCUT2D eigenvalue weighted by Gasteiger charge is 2.51. The minimum absolute atomic E-state index is 0.272. The maximum absolute atomic E-state index is 11.9. The predicted molar refractivity (Wildman–Crippen MR) is 81.4 cm³/mol. The van der Waals surface area contributed by atoms with E-state index < -0.39 is 24.3 Å². The van der Waals surface area contributed by atoms with Crippen molar-refractivity contribution < 1.29 is 18.8 Å². The Bertz CT molecular complexity index is 541. The van der Waals surface area contributed by atoms with Crippen LogP contribution in [0.5, 0.6) is 0 Å². The zero-order valence-corrected chi connectivity index (χ0v) is 13.2. The zero-order chi connectivity index (χ0) is 15.8. The molecule has 0 radical (unpaired) electrons. The fourth-order valence-corrected chi connectivity index (χ4v) is 2.20. The Morgan fingerprint density at radius 3 is 2.29 bits per heavy atom. The van der Waals surface area contributed by atoms with Crippen LogP contribution in [0.1, 0.15) is 43.6 Å². The first-order chi connectivity index (χ1) is 9.71. The van der Waals surface area contributed by atoms with E-state index in [9.17, 15) is 4.79 Å². The van der Waals surface area contributed by atoms with Crippen LogP contribution in [0.4, 0.5) is 0 Å². The molecule has 1 aromatic rings. The number of esters is 1. The van der Waals surface area contributed by atoms with E-state index in [2.05, 4.69) is 0 Å². The highest BCUT2D eigenvalue weighted by Crippen LogP contribution is 2.36. The standard InChI is InChI=1S/C15H22BNO4/c1-14(2)15(3,4)21-16(20-14)11-7-6-10(9-17)12(8-11)13(18)19-5/h6-8H,9,17H2,1-5H3. The third-order valence-corrected chi connectivity index (χ3v) is 4.28. The minimum atomic E-state index is -0.509. The summed E-state index contributed by atoms with van der Waals surface area (Å²) in [5.41, 5.74) is 6.79. The van der Waals surface area contributed by atoms with Gasteiger partial charge >= 0.3 is 13.1 Å². The summed E-state index contributed by atoms with van der Waals surface area (Å²) in [4.78, 5) is 11.9. The topological polar surface area (TPSA) is 70.8 Å². The summed E-state index contributed by atoms with van der Waals surface area (Å²) < 4.78 is 16.8. The van der Waals surface area contributed by atoms with E-state index in [1.165, 1.54) is 7.11 Å². The summed E-state index contributed by atoms with van der Waals surface area (Å²) in [6.07, 6.45) is 0. The molecule has 6 heteroatoms. The van der Waals surface area contributed by atoms with Gasteiger partial charge in [-0.1, -0.05) is 12.1 Å². The second-order valence-corrected chi connectivity index (χ2v) is 6.20. The maximum Gasteiger partial charge on any atom is 0.494 e. The highest BCUT2D eigenvalue weighted by molar-refractivity contribution is 6.62. The van der Waals surface area contributed by atoms with Crippen LogP contribution in [0.25, 0.3) is 0 Å². The van der Waals surface area contributed by atoms with Gasteiger partial charge in [0.1, 0.15) is 0 Å². The van der Waals surface area contributed by atoms with Gasteiger partial charge in [-0.25, -0.2) is 4.79 Å². The Morgan fingerprint density at radius 1 is 1.24 bits per heavy atom. The Balaban J connectivity index is 2.36. The van der Waals surface area contributed by atoms with Crippen LogP contribution in [-0.4, -0.2) is 31.4 Å². The molecular formula is C15H22BNO4. The van der Waals surface area contributed by atoms with E-state index in [1.54, 1.807) is 6.07 Å². The summed E-state index contributed by atoms with van der Waals surface area (Å²) >= 11 is 0. The van der Waals surface area contributed by atoms with Crippen molar-refractivity contribution in [1.82, 2.24) is 0 Å². The first-order valence-electron chi connectivity index (χ1n) is 6.98. The quantitative estimate of drug-likeness (QED) is 0.670. The van der Waals surface area contributed by atoms with Gasteiger partial charge in [-0.2, -0.15) is 0 Å². The molecule has 1 aromatic carbocycles. The molecule has 0 unspecified atom stereocenters. The van der Waals surface area contributed by atoms with Gasteiger partial charge in [0.2, 0.25) is 0 Å². The van der Waals surface area contributed by atoms with Crippen molar-refractivity contribution in [3.05, 3.63) is 29.3 Å². The van der Waals surface area contributed by atoms with Gasteiger partial charge < -0.3 is 19.8 Å². The summed E-state index contributed by atoms with van der Waals surface area (Å²) in [5.74, 6) is -0.409. The van der Waals surface area contributed by atoms with Crippen LogP contribution in [0, 0.1) is 0 Å². The Kier molecular flexibility index (Phi) is 4.15. The van der Waals surface area contributed by atoms with E-state index in [0.717, 1.165) is 11.0 Å². The molecule has 2 N–H and O–H groups in total. The highest BCUT2D eigenvalue weighted by atomic mass is 16.7. The van der Waals surface area contributed by atoms with Gasteiger partial charge in [0.05, 0.1) is 23.9 Å². The maximum atomic E-state index is 11.9. The molecule has 1 aliphatic rings. The molecule has 0 saturated carbocycles. The van der Waals surface area contributed by atoms with Gasteiger partial charge in [-0.05, 0) is 44.8 Å². The summed E-state index contributed by atoms with van der Waals surface area (Å²) in [6.45, 7) is 8.23. The van der Waals surface area contributed by atoms with Gasteiger partial charge in [0.15, 0.2) is 0 Å². The summed E-state index contributed by atoms with van der Waals surface area (Å²) in [5, 5.41) is 0. The second kappa shape index (κ2) is 5.44. The predicted octanol–water partition coefficient (Wildman–Crippen LogP) is 1.23. The molecular weight excluding hydrogens is 269 g/mol. The van der Waals surface area contributed by atoms with E-state index in [4.69, 9.17) is 19.8 Å². The van der Waals surface area contributed by atoms with Crippen LogP contribution < -0.4 is 11.2 Å². The number of rotatable bonds is 3. The van der Waals surface area contributed by atoms with Crippen LogP contribution in [0.15, 0.2) is 18.2 Å². The summed E-state index contributed by atoms with van der Waals surface area (Å²) in [7, 11) is 0.842. The third kappa shape index (κ3) is 2.84. The first-order valence-corrected chi connectivity index (χ1v) is 6.98. The number of carbonyl (C=O) groups excluding carboxylic acids is 1. The molecule has 114 valence electrons. The lowest BCUT2D eigenvalue weighted by Gasteiger charge is -2.32. The third-order valence-electron chi connectivity index (χ3n) is 4.28. The first kappa shape index (κ1) is 16.0. The van der Waals surface area contributed by atoms with E-state index >= 15 is 0 Å². The molecule has 5 nitrogen and oxygen atoms in total. The Labute approximate surface area is 125 Å². The SMILES string of the molecule is COC(=O)c1cc(B2OC(C)(C)C(C)(C)O2)ccc1CN. The van der Waals surface area contributed by atoms with Crippen LogP contribution in [0.2, 0.25) is 0 Å². The van der Waals surface area contributed by atoms with Crippen molar-refractivity contribution in [2.75, 3.05) is 7.11 Å². The van der Waals surface area contributed by atoms with Crippen molar-refractivity contribution in [3.8, 4) is 0 Å². The average molecular weight is 291 g/mol. The minimum Gasteiger partial charge on any atom is -0.465 e. The number of benzene rings is 1. The number of methoxy groups -OCH3 is 1. The van der Waals surface area contributed by atoms with Crippen molar-refractivity contribution in [3.63, 3.8) is 0 Å². The van der Waals surface area contributed by atoms with E-state index in [-0.39, 0.29) is 6.54 Å². The lowest BCUT2D eigenvalue weighted by atomic mass is 9.77. The lowest BCUT2D eigenvalue weighted by molar-refractivity contribution is 0.00578. The van der Waals surface area contributed by atoms with E-state index in [1.807, 2.05) is 39.8 Å². The smallest absolute Gasteiger partial charge is 0.465 e. The monoisotopic (exact) mass is 291 g/mol. The second-order valence-electron chi connectivity index (χ2n) is 6.20. The number of hydrogen-bond donors (Lipinski definition) is 1. The van der Waals surface area contributed by atoms with Gasteiger partial charge in [0, 0.05) is 6.54 Å². The molecule has 1 heterocycles. The number of hydrogen-bond acceptors (Lipinski definition) is 5. The Morgan fingerprint density at radius 2 is 1.81 bits per heavy atom. The number of ether oxygens (including phenoxy) is 1. The fraction of sp³-hybridized carbons (Fsp3) is 0.533. The molecule has 0 bridgehead atoms. The number of carbonyl (C=O) groups is 1. The van der Waals surface area contributed by atoms with Crippen molar-refractivity contribution >= 4 is 18.6 Å². The fourth-order valence-electron chi connectivity index (χ4n) is 2.20. The van der Waals surface area contributed by atoms with Gasteiger partial charge in [0.25, 0.3) is 0 Å².